The zero-order valence-corrected chi connectivity index (χ0v) is 17.6. The van der Waals surface area contributed by atoms with Gasteiger partial charge in [-0.25, -0.2) is 4.79 Å². The van der Waals surface area contributed by atoms with Crippen molar-refractivity contribution >= 4 is 23.4 Å². The summed E-state index contributed by atoms with van der Waals surface area (Å²) >= 11 is 0. The van der Waals surface area contributed by atoms with Crippen LogP contribution in [0.15, 0.2) is 72.8 Å². The van der Waals surface area contributed by atoms with Crippen molar-refractivity contribution in [1.82, 2.24) is 0 Å². The highest BCUT2D eigenvalue weighted by Crippen LogP contribution is 2.31. The number of hydrogen-bond acceptors (Lipinski definition) is 6. The molecule has 0 bridgehead atoms. The zero-order valence-electron chi connectivity index (χ0n) is 17.6. The van der Waals surface area contributed by atoms with E-state index < -0.39 is 12.6 Å². The highest BCUT2D eigenvalue weighted by molar-refractivity contribution is 6.22. The maximum atomic E-state index is 13.0. The van der Waals surface area contributed by atoms with Crippen molar-refractivity contribution in [1.29, 1.82) is 0 Å². The van der Waals surface area contributed by atoms with Crippen LogP contribution in [0.5, 0.6) is 17.2 Å². The second-order valence-corrected chi connectivity index (χ2v) is 7.02. The third kappa shape index (κ3) is 4.81. The number of carbonyl (C=O) groups is 2. The Balaban J connectivity index is 1.54. The molecule has 32 heavy (non-hydrogen) atoms. The molecule has 4 rings (SSSR count). The van der Waals surface area contributed by atoms with E-state index in [1.54, 1.807) is 31.4 Å². The van der Waals surface area contributed by atoms with Crippen LogP contribution >= 0.6 is 0 Å². The van der Waals surface area contributed by atoms with E-state index in [9.17, 15) is 9.59 Å². The Morgan fingerprint density at radius 3 is 2.38 bits per heavy atom. The minimum absolute atomic E-state index is 0.324. The van der Waals surface area contributed by atoms with Crippen molar-refractivity contribution in [3.63, 3.8) is 0 Å². The van der Waals surface area contributed by atoms with Gasteiger partial charge in [0.05, 0.1) is 12.7 Å². The number of para-hydroxylation sites is 1. The van der Waals surface area contributed by atoms with E-state index in [1.165, 1.54) is 0 Å². The van der Waals surface area contributed by atoms with Gasteiger partial charge in [-0.15, -0.1) is 0 Å². The lowest BCUT2D eigenvalue weighted by Gasteiger charge is -2.18. The quantitative estimate of drug-likeness (QED) is 0.239. The minimum Gasteiger partial charge on any atom is -0.496 e. The van der Waals surface area contributed by atoms with Crippen molar-refractivity contribution in [3.8, 4) is 17.2 Å². The standard InChI is InChI=1S/C26H22O6/c1-29-23-10-6-5-9-20(23)15-21(18-7-3-2-4-8-18)26(28)32-17-22(27)19-11-12-24-25(16-19)31-14-13-30-24/h2-12,15-16H,13-14,17H2,1H3/b21-15+. The first-order valence-corrected chi connectivity index (χ1v) is 10.2. The molecule has 0 fully saturated rings. The SMILES string of the molecule is COc1ccccc1/C=C(/C(=O)OCC(=O)c1ccc2c(c1)OCCO2)c1ccccc1. The van der Waals surface area contributed by atoms with E-state index in [4.69, 9.17) is 18.9 Å². The fourth-order valence-corrected chi connectivity index (χ4v) is 3.33. The van der Waals surface area contributed by atoms with Gasteiger partial charge in [0.15, 0.2) is 23.9 Å². The summed E-state index contributed by atoms with van der Waals surface area (Å²) in [6, 6.07) is 21.4. The molecular weight excluding hydrogens is 408 g/mol. The Hall–Kier alpha value is -4.06. The van der Waals surface area contributed by atoms with Gasteiger partial charge in [-0.05, 0) is 35.9 Å². The van der Waals surface area contributed by atoms with Crippen molar-refractivity contribution in [2.24, 2.45) is 0 Å². The molecule has 6 nitrogen and oxygen atoms in total. The average molecular weight is 430 g/mol. The van der Waals surface area contributed by atoms with Gasteiger partial charge in [0.2, 0.25) is 0 Å². The van der Waals surface area contributed by atoms with Gasteiger partial charge in [-0.2, -0.15) is 0 Å². The molecule has 0 aromatic heterocycles. The lowest BCUT2D eigenvalue weighted by atomic mass is 10.0. The van der Waals surface area contributed by atoms with Crippen LogP contribution < -0.4 is 14.2 Å². The number of Topliss-reactive ketones (excluding diaryl/α,β-unsaturated/α-hetero) is 1. The van der Waals surface area contributed by atoms with Crippen molar-refractivity contribution in [2.75, 3.05) is 26.9 Å². The van der Waals surface area contributed by atoms with E-state index in [0.717, 1.165) is 5.56 Å². The van der Waals surface area contributed by atoms with E-state index in [-0.39, 0.29) is 5.78 Å². The van der Waals surface area contributed by atoms with Gasteiger partial charge >= 0.3 is 5.97 Å². The fourth-order valence-electron chi connectivity index (χ4n) is 3.33. The Morgan fingerprint density at radius 2 is 1.59 bits per heavy atom. The number of carbonyl (C=O) groups excluding carboxylic acids is 2. The maximum Gasteiger partial charge on any atom is 0.339 e. The predicted octanol–water partition coefficient (Wildman–Crippen LogP) is 4.43. The van der Waals surface area contributed by atoms with Crippen LogP contribution in [0.1, 0.15) is 21.5 Å². The Kier molecular flexibility index (Phi) is 6.51. The summed E-state index contributed by atoms with van der Waals surface area (Å²) in [5.74, 6) is 0.791. The number of methoxy groups -OCH3 is 1. The Bertz CT molecular complexity index is 1150. The summed E-state index contributed by atoms with van der Waals surface area (Å²) in [4.78, 5) is 25.6. The van der Waals surface area contributed by atoms with Crippen LogP contribution in [0.3, 0.4) is 0 Å². The highest BCUT2D eigenvalue weighted by Gasteiger charge is 2.19. The van der Waals surface area contributed by atoms with Gasteiger partial charge in [-0.3, -0.25) is 4.79 Å². The third-order valence-corrected chi connectivity index (χ3v) is 4.94. The van der Waals surface area contributed by atoms with Gasteiger partial charge < -0.3 is 18.9 Å². The third-order valence-electron chi connectivity index (χ3n) is 4.94. The van der Waals surface area contributed by atoms with E-state index in [2.05, 4.69) is 0 Å². The van der Waals surface area contributed by atoms with E-state index >= 15 is 0 Å². The monoisotopic (exact) mass is 430 g/mol. The lowest BCUT2D eigenvalue weighted by molar-refractivity contribution is -0.135. The molecule has 0 radical (unpaired) electrons. The van der Waals surface area contributed by atoms with Crippen LogP contribution in [0.25, 0.3) is 11.6 Å². The summed E-state index contributed by atoms with van der Waals surface area (Å²) in [6.45, 7) is 0.501. The summed E-state index contributed by atoms with van der Waals surface area (Å²) in [6.07, 6.45) is 1.70. The molecule has 0 unspecified atom stereocenters. The molecule has 1 aliphatic heterocycles. The van der Waals surface area contributed by atoms with Crippen LogP contribution in [0.4, 0.5) is 0 Å². The minimum atomic E-state index is -0.604. The first-order chi connectivity index (χ1) is 15.7. The summed E-state index contributed by atoms with van der Waals surface area (Å²) in [5.41, 5.74) is 2.11. The summed E-state index contributed by atoms with van der Waals surface area (Å²) in [5, 5.41) is 0. The second kappa shape index (κ2) is 9.83. The Labute approximate surface area is 186 Å². The molecule has 3 aromatic rings. The number of benzene rings is 3. The lowest BCUT2D eigenvalue weighted by Crippen LogP contribution is -2.17. The molecule has 3 aromatic carbocycles. The topological polar surface area (TPSA) is 71.1 Å². The zero-order chi connectivity index (χ0) is 22.3. The van der Waals surface area contributed by atoms with Crippen molar-refractivity contribution in [2.45, 2.75) is 0 Å². The molecule has 1 heterocycles. The first kappa shape index (κ1) is 21.2. The molecule has 0 N–H and O–H groups in total. The van der Waals surface area contributed by atoms with Gasteiger partial charge in [0.25, 0.3) is 0 Å². The number of hydrogen-bond donors (Lipinski definition) is 0. The number of esters is 1. The molecule has 0 saturated carbocycles. The molecule has 1 aliphatic rings. The smallest absolute Gasteiger partial charge is 0.339 e. The molecule has 0 atom stereocenters. The van der Waals surface area contributed by atoms with Gasteiger partial charge in [0.1, 0.15) is 19.0 Å². The first-order valence-electron chi connectivity index (χ1n) is 10.2. The maximum absolute atomic E-state index is 13.0. The molecular formula is C26H22O6. The van der Waals surface area contributed by atoms with Crippen LogP contribution in [0, 0.1) is 0 Å². The number of rotatable bonds is 7. The van der Waals surface area contributed by atoms with Crippen LogP contribution in [-0.4, -0.2) is 38.7 Å². The number of ether oxygens (including phenoxy) is 4. The predicted molar refractivity (Wildman–Crippen MR) is 120 cm³/mol. The Morgan fingerprint density at radius 1 is 0.875 bits per heavy atom. The van der Waals surface area contributed by atoms with Crippen molar-refractivity contribution in [3.05, 3.63) is 89.5 Å². The highest BCUT2D eigenvalue weighted by atomic mass is 16.6. The van der Waals surface area contributed by atoms with Gasteiger partial charge in [0, 0.05) is 11.1 Å². The second-order valence-electron chi connectivity index (χ2n) is 7.02. The molecule has 6 heteroatoms. The van der Waals surface area contributed by atoms with Crippen LogP contribution in [-0.2, 0) is 9.53 Å². The normalized spacial score (nSPS) is 12.7. The molecule has 0 aliphatic carbocycles. The largest absolute Gasteiger partial charge is 0.496 e. The van der Waals surface area contributed by atoms with E-state index in [0.29, 0.717) is 47.2 Å². The number of ketones is 1. The average Bonchev–Trinajstić information content (AvgIpc) is 2.86. The summed E-state index contributed by atoms with van der Waals surface area (Å²) < 4.78 is 21.8. The van der Waals surface area contributed by atoms with E-state index in [1.807, 2.05) is 54.6 Å². The number of fused-ring (bicyclic) bond motifs is 1. The molecule has 0 amide bonds. The molecule has 0 saturated heterocycles. The molecule has 162 valence electrons. The van der Waals surface area contributed by atoms with Gasteiger partial charge in [-0.1, -0.05) is 48.5 Å². The fraction of sp³-hybridized carbons (Fsp3) is 0.154. The van der Waals surface area contributed by atoms with Crippen molar-refractivity contribution < 1.29 is 28.5 Å². The summed E-state index contributed by atoms with van der Waals surface area (Å²) in [7, 11) is 1.57. The van der Waals surface area contributed by atoms with Crippen LogP contribution in [0.2, 0.25) is 0 Å². The molecule has 0 spiro atoms.